The van der Waals surface area contributed by atoms with Gasteiger partial charge in [0.15, 0.2) is 5.78 Å². The number of thiazole rings is 2. The van der Waals surface area contributed by atoms with Crippen LogP contribution in [-0.4, -0.2) is 58.5 Å². The first kappa shape index (κ1) is 33.6. The molecule has 0 aliphatic carbocycles. The van der Waals surface area contributed by atoms with Crippen molar-refractivity contribution in [3.63, 3.8) is 0 Å². The van der Waals surface area contributed by atoms with Gasteiger partial charge in [0.2, 0.25) is 0 Å². The summed E-state index contributed by atoms with van der Waals surface area (Å²) in [6, 6.07) is -0.990. The number of nitrogens with zero attached hydrogens (tertiary/aromatic N) is 3. The lowest BCUT2D eigenvalue weighted by atomic mass is 9.89. The molecule has 3 amide bonds. The molecule has 10 nitrogen and oxygen atoms in total. The quantitative estimate of drug-likeness (QED) is 0.226. The number of Topliss-reactive ketones (excluding diaryl/α,β-unsaturated/α-hetero) is 1. The van der Waals surface area contributed by atoms with Gasteiger partial charge in [0.05, 0.1) is 33.7 Å². The monoisotopic (exact) mass is 594 g/mol. The summed E-state index contributed by atoms with van der Waals surface area (Å²) in [4.78, 5) is 49.6. The molecule has 2 aromatic rings. The summed E-state index contributed by atoms with van der Waals surface area (Å²) in [5, 5.41) is 8.89. The van der Waals surface area contributed by atoms with E-state index < -0.39 is 12.1 Å². The van der Waals surface area contributed by atoms with Crippen molar-refractivity contribution in [2.24, 2.45) is 17.6 Å². The van der Waals surface area contributed by atoms with Gasteiger partial charge in [-0.05, 0) is 37.6 Å². The number of carbonyl (C=O) groups is 3. The molecular weight excluding hydrogens is 548 g/mol. The van der Waals surface area contributed by atoms with Gasteiger partial charge in [0.25, 0.3) is 0 Å². The van der Waals surface area contributed by atoms with Gasteiger partial charge in [0, 0.05) is 37.0 Å². The number of amides is 3. The van der Waals surface area contributed by atoms with Crippen LogP contribution in [0, 0.1) is 11.8 Å². The zero-order valence-electron chi connectivity index (χ0n) is 24.6. The number of hydrogen-bond donors (Lipinski definition) is 3. The molecule has 0 aromatic carbocycles. The summed E-state index contributed by atoms with van der Waals surface area (Å²) in [6.07, 6.45) is 4.56. The molecule has 2 rings (SSSR count). The summed E-state index contributed by atoms with van der Waals surface area (Å²) < 4.78 is 5.32. The lowest BCUT2D eigenvalue weighted by Crippen LogP contribution is -2.49. The van der Waals surface area contributed by atoms with E-state index in [1.807, 2.05) is 19.2 Å². The molecule has 12 heteroatoms. The smallest absolute Gasteiger partial charge is 0.407 e. The number of nitrogens with two attached hydrogens (primary N) is 1. The van der Waals surface area contributed by atoms with Crippen molar-refractivity contribution in [1.29, 1.82) is 0 Å². The average Bonchev–Trinajstić information content (AvgIpc) is 3.60. The number of rotatable bonds is 17. The van der Waals surface area contributed by atoms with Crippen LogP contribution >= 0.6 is 22.7 Å². The summed E-state index contributed by atoms with van der Waals surface area (Å²) in [5.74, 6) is 0.180. The van der Waals surface area contributed by atoms with Gasteiger partial charge >= 0.3 is 12.1 Å². The highest BCUT2D eigenvalue weighted by Gasteiger charge is 2.28. The number of nitrogens with one attached hydrogen (secondary N) is 2. The van der Waals surface area contributed by atoms with E-state index in [1.54, 1.807) is 35.0 Å². The molecule has 0 radical (unpaired) electrons. The van der Waals surface area contributed by atoms with Crippen LogP contribution in [0.2, 0.25) is 0 Å². The maximum Gasteiger partial charge on any atom is 0.407 e. The number of alkyl carbamates (subject to hydrolysis) is 1. The van der Waals surface area contributed by atoms with Crippen LogP contribution in [-0.2, 0) is 22.7 Å². The van der Waals surface area contributed by atoms with Crippen molar-refractivity contribution in [2.75, 3.05) is 13.6 Å². The summed E-state index contributed by atoms with van der Waals surface area (Å²) in [6.45, 7) is 11.0. The SMILES string of the molecule is CCCC(CCC(CN)CC(=O)C(NC(=O)N(C)Cc1csc(C(C)C)n1)C(C)C)NC(=O)OCc1cncs1. The zero-order valence-corrected chi connectivity index (χ0v) is 26.3. The van der Waals surface area contributed by atoms with Gasteiger partial charge < -0.3 is 26.0 Å². The van der Waals surface area contributed by atoms with E-state index in [0.717, 1.165) is 28.4 Å². The molecule has 0 fully saturated rings. The minimum Gasteiger partial charge on any atom is -0.444 e. The molecule has 4 N–H and O–H groups in total. The second-order valence-corrected chi connectivity index (χ2v) is 12.7. The largest absolute Gasteiger partial charge is 0.444 e. The lowest BCUT2D eigenvalue weighted by molar-refractivity contribution is -0.122. The third-order valence-corrected chi connectivity index (χ3v) is 8.58. The Morgan fingerprint density at radius 3 is 2.42 bits per heavy atom. The highest BCUT2D eigenvalue weighted by atomic mass is 32.1. The van der Waals surface area contributed by atoms with E-state index in [1.165, 1.54) is 11.3 Å². The Hall–Kier alpha value is -2.57. The minimum atomic E-state index is -0.614. The number of aromatic nitrogens is 2. The van der Waals surface area contributed by atoms with E-state index in [9.17, 15) is 14.4 Å². The highest BCUT2D eigenvalue weighted by Crippen LogP contribution is 2.21. The first-order valence-corrected chi connectivity index (χ1v) is 15.8. The van der Waals surface area contributed by atoms with E-state index in [-0.39, 0.29) is 42.7 Å². The predicted octanol–water partition coefficient (Wildman–Crippen LogP) is 5.30. The van der Waals surface area contributed by atoms with Crippen LogP contribution in [0.25, 0.3) is 0 Å². The Balaban J connectivity index is 1.88. The van der Waals surface area contributed by atoms with Crippen molar-refractivity contribution in [2.45, 2.75) is 97.9 Å². The van der Waals surface area contributed by atoms with E-state index >= 15 is 0 Å². The fourth-order valence-corrected chi connectivity index (χ4v) is 5.62. The normalized spacial score (nSPS) is 13.6. The van der Waals surface area contributed by atoms with E-state index in [0.29, 0.717) is 31.8 Å². The summed E-state index contributed by atoms with van der Waals surface area (Å²) in [5.41, 5.74) is 8.58. The molecule has 3 unspecified atom stereocenters. The lowest BCUT2D eigenvalue weighted by Gasteiger charge is -2.27. The predicted molar refractivity (Wildman–Crippen MR) is 160 cm³/mol. The highest BCUT2D eigenvalue weighted by molar-refractivity contribution is 7.09. The number of ketones is 1. The third-order valence-electron chi connectivity index (χ3n) is 6.64. The molecule has 0 bridgehead atoms. The second-order valence-electron chi connectivity index (χ2n) is 10.9. The van der Waals surface area contributed by atoms with Gasteiger partial charge in [-0.25, -0.2) is 14.6 Å². The molecule has 2 heterocycles. The van der Waals surface area contributed by atoms with Crippen molar-refractivity contribution in [1.82, 2.24) is 25.5 Å². The molecule has 0 saturated carbocycles. The molecule has 0 aliphatic rings. The van der Waals surface area contributed by atoms with E-state index in [2.05, 4.69) is 41.4 Å². The fraction of sp³-hybridized carbons (Fsp3) is 0.679. The maximum absolute atomic E-state index is 13.3. The molecular formula is C28H46N6O4S2. The Labute approximate surface area is 246 Å². The van der Waals surface area contributed by atoms with Gasteiger partial charge in [-0.1, -0.05) is 41.0 Å². The van der Waals surface area contributed by atoms with Crippen molar-refractivity contribution < 1.29 is 19.1 Å². The fourth-order valence-electron chi connectivity index (χ4n) is 4.28. The van der Waals surface area contributed by atoms with Crippen LogP contribution in [0.4, 0.5) is 9.59 Å². The number of ether oxygens (including phenoxy) is 1. The van der Waals surface area contributed by atoms with Crippen molar-refractivity contribution >= 4 is 40.6 Å². The molecule has 0 aliphatic heterocycles. The Morgan fingerprint density at radius 2 is 1.85 bits per heavy atom. The number of urea groups is 1. The Bertz CT molecular complexity index is 1040. The second kappa shape index (κ2) is 17.3. The van der Waals surface area contributed by atoms with Gasteiger partial charge in [0.1, 0.15) is 6.61 Å². The summed E-state index contributed by atoms with van der Waals surface area (Å²) >= 11 is 3.03. The van der Waals surface area contributed by atoms with Crippen molar-refractivity contribution in [3.8, 4) is 0 Å². The topological polar surface area (TPSA) is 140 Å². The van der Waals surface area contributed by atoms with Gasteiger partial charge in [-0.3, -0.25) is 9.78 Å². The zero-order chi connectivity index (χ0) is 29.7. The average molecular weight is 595 g/mol. The number of carbonyl (C=O) groups excluding carboxylic acids is 3. The van der Waals surface area contributed by atoms with Gasteiger partial charge in [-0.15, -0.1) is 22.7 Å². The Kier molecular flexibility index (Phi) is 14.5. The van der Waals surface area contributed by atoms with Crippen LogP contribution in [0.15, 0.2) is 17.1 Å². The first-order chi connectivity index (χ1) is 19.0. The first-order valence-electron chi connectivity index (χ1n) is 14.0. The molecule has 224 valence electrons. The molecule has 2 aromatic heterocycles. The molecule has 0 saturated heterocycles. The maximum atomic E-state index is 13.3. The van der Waals surface area contributed by atoms with Crippen LogP contribution in [0.1, 0.15) is 88.2 Å². The molecule has 40 heavy (non-hydrogen) atoms. The third kappa shape index (κ3) is 11.5. The molecule has 0 spiro atoms. The van der Waals surface area contributed by atoms with Crippen LogP contribution in [0.5, 0.6) is 0 Å². The van der Waals surface area contributed by atoms with Crippen LogP contribution < -0.4 is 16.4 Å². The minimum absolute atomic E-state index is 0.0353. The van der Waals surface area contributed by atoms with Crippen LogP contribution in [0.3, 0.4) is 0 Å². The van der Waals surface area contributed by atoms with E-state index in [4.69, 9.17) is 10.5 Å². The molecule has 3 atom stereocenters. The summed E-state index contributed by atoms with van der Waals surface area (Å²) in [7, 11) is 1.71. The van der Waals surface area contributed by atoms with Gasteiger partial charge in [-0.2, -0.15) is 0 Å². The number of hydrogen-bond acceptors (Lipinski definition) is 9. The Morgan fingerprint density at radius 1 is 1.10 bits per heavy atom. The van der Waals surface area contributed by atoms with Crippen molar-refractivity contribution in [3.05, 3.63) is 32.7 Å². The standard InChI is InChI=1S/C28H46N6O4S2/c1-7-8-21(32-28(37)38-15-23-13-30-17-40-23)10-9-20(12-29)11-24(35)25(18(2)3)33-27(36)34(6)14-22-16-39-26(31-22)19(4)5/h13,16-21,25H,7-12,14-15,29H2,1-6H3,(H,32,37)(H,33,36).